The lowest BCUT2D eigenvalue weighted by atomic mass is 10.0. The molecule has 0 radical (unpaired) electrons. The Bertz CT molecular complexity index is 560. The quantitative estimate of drug-likeness (QED) is 0.776. The molecule has 3 N–H and O–H groups in total. The molecule has 144 valence electrons. The van der Waals surface area contributed by atoms with Gasteiger partial charge in [0, 0.05) is 36.1 Å². The maximum atomic E-state index is 13.1. The standard InChI is InChI=1S/C17H25ClFN3O.2ClH/c1-11(12(2)20)17(23)21-15-4-3-7-22(10-15)9-13-5-6-14(19)8-16(13)18;;/h5-6,8,11-12,15H,3-4,7,9-10,20H2,1-2H3,(H,21,23);2*1H. The molecule has 4 nitrogen and oxygen atoms in total. The Kier molecular flexibility index (Phi) is 10.9. The van der Waals surface area contributed by atoms with Gasteiger partial charge < -0.3 is 11.1 Å². The Labute approximate surface area is 166 Å². The third kappa shape index (κ3) is 7.27. The average Bonchev–Trinajstić information content (AvgIpc) is 2.49. The fourth-order valence-corrected chi connectivity index (χ4v) is 3.01. The van der Waals surface area contributed by atoms with E-state index in [2.05, 4.69) is 10.2 Å². The highest BCUT2D eigenvalue weighted by atomic mass is 35.5. The van der Waals surface area contributed by atoms with Crippen molar-refractivity contribution in [1.29, 1.82) is 0 Å². The Morgan fingerprint density at radius 1 is 1.44 bits per heavy atom. The molecule has 1 aromatic rings. The van der Waals surface area contributed by atoms with Crippen LogP contribution in [-0.4, -0.2) is 36.0 Å². The van der Waals surface area contributed by atoms with Gasteiger partial charge in [-0.2, -0.15) is 0 Å². The molecule has 3 unspecified atom stereocenters. The van der Waals surface area contributed by atoms with Crippen molar-refractivity contribution in [3.8, 4) is 0 Å². The second-order valence-corrected chi connectivity index (χ2v) is 6.87. The van der Waals surface area contributed by atoms with Gasteiger partial charge in [0.25, 0.3) is 0 Å². The minimum Gasteiger partial charge on any atom is -0.352 e. The fraction of sp³-hybridized carbons (Fsp3) is 0.588. The molecule has 0 saturated carbocycles. The van der Waals surface area contributed by atoms with Crippen LogP contribution in [0.1, 0.15) is 32.3 Å². The first-order valence-electron chi connectivity index (χ1n) is 8.09. The smallest absolute Gasteiger partial charge is 0.224 e. The highest BCUT2D eigenvalue weighted by Crippen LogP contribution is 2.21. The summed E-state index contributed by atoms with van der Waals surface area (Å²) >= 11 is 6.10. The summed E-state index contributed by atoms with van der Waals surface area (Å²) in [6.45, 7) is 6.06. The molecule has 0 bridgehead atoms. The first-order valence-corrected chi connectivity index (χ1v) is 8.47. The summed E-state index contributed by atoms with van der Waals surface area (Å²) < 4.78 is 13.1. The number of likely N-dealkylation sites (tertiary alicyclic amines) is 1. The van der Waals surface area contributed by atoms with Gasteiger partial charge in [-0.1, -0.05) is 24.6 Å². The maximum absolute atomic E-state index is 13.1. The van der Waals surface area contributed by atoms with E-state index in [0.29, 0.717) is 11.6 Å². The molecule has 3 atom stereocenters. The van der Waals surface area contributed by atoms with Gasteiger partial charge in [0.15, 0.2) is 0 Å². The number of amides is 1. The number of rotatable bonds is 5. The zero-order valence-electron chi connectivity index (χ0n) is 14.5. The molecule has 1 aromatic carbocycles. The van der Waals surface area contributed by atoms with Crippen molar-refractivity contribution in [2.24, 2.45) is 11.7 Å². The number of hydrogen-bond acceptors (Lipinski definition) is 3. The van der Waals surface area contributed by atoms with Crippen LogP contribution in [0.2, 0.25) is 5.02 Å². The number of carbonyl (C=O) groups excluding carboxylic acids is 1. The summed E-state index contributed by atoms with van der Waals surface area (Å²) in [5.41, 5.74) is 6.69. The van der Waals surface area contributed by atoms with Crippen molar-refractivity contribution < 1.29 is 9.18 Å². The predicted molar refractivity (Wildman–Crippen MR) is 105 cm³/mol. The normalized spacial score (nSPS) is 20.0. The van der Waals surface area contributed by atoms with Crippen molar-refractivity contribution in [3.63, 3.8) is 0 Å². The van der Waals surface area contributed by atoms with Crippen molar-refractivity contribution in [2.75, 3.05) is 13.1 Å². The molecule has 1 aliphatic rings. The van der Waals surface area contributed by atoms with E-state index in [1.54, 1.807) is 6.07 Å². The van der Waals surface area contributed by atoms with Crippen LogP contribution >= 0.6 is 36.4 Å². The highest BCUT2D eigenvalue weighted by Gasteiger charge is 2.25. The molecule has 0 spiro atoms. The van der Waals surface area contributed by atoms with E-state index < -0.39 is 0 Å². The topological polar surface area (TPSA) is 58.4 Å². The highest BCUT2D eigenvalue weighted by molar-refractivity contribution is 6.31. The SMILES string of the molecule is CC(N)C(C)C(=O)NC1CCCN(Cc2ccc(F)cc2Cl)C1.Cl.Cl. The second kappa shape index (κ2) is 11.2. The van der Waals surface area contributed by atoms with Crippen LogP contribution < -0.4 is 11.1 Å². The minimum atomic E-state index is -0.326. The zero-order chi connectivity index (χ0) is 17.0. The molecule has 25 heavy (non-hydrogen) atoms. The van der Waals surface area contributed by atoms with Gasteiger partial charge in [0.05, 0.1) is 0 Å². The van der Waals surface area contributed by atoms with Crippen molar-refractivity contribution in [2.45, 2.75) is 45.3 Å². The van der Waals surface area contributed by atoms with Crippen LogP contribution in [0.4, 0.5) is 4.39 Å². The Hall–Kier alpha value is -0.590. The number of benzene rings is 1. The molecule has 1 heterocycles. The number of piperidine rings is 1. The summed E-state index contributed by atoms with van der Waals surface area (Å²) in [7, 11) is 0. The number of nitrogens with two attached hydrogens (primary N) is 1. The van der Waals surface area contributed by atoms with Crippen molar-refractivity contribution in [3.05, 3.63) is 34.6 Å². The summed E-state index contributed by atoms with van der Waals surface area (Å²) in [5.74, 6) is -0.518. The number of carbonyl (C=O) groups is 1. The summed E-state index contributed by atoms with van der Waals surface area (Å²) in [5, 5.41) is 3.53. The lowest BCUT2D eigenvalue weighted by Crippen LogP contribution is -2.50. The number of nitrogens with one attached hydrogen (secondary N) is 1. The van der Waals surface area contributed by atoms with Crippen LogP contribution in [0.5, 0.6) is 0 Å². The van der Waals surface area contributed by atoms with Crippen molar-refractivity contribution in [1.82, 2.24) is 10.2 Å². The zero-order valence-corrected chi connectivity index (χ0v) is 16.9. The van der Waals surface area contributed by atoms with Crippen LogP contribution in [0.15, 0.2) is 18.2 Å². The van der Waals surface area contributed by atoms with Gasteiger partial charge >= 0.3 is 0 Å². The Balaban J connectivity index is 0.00000288. The van der Waals surface area contributed by atoms with Crippen LogP contribution in [0.25, 0.3) is 0 Å². The van der Waals surface area contributed by atoms with Crippen LogP contribution in [-0.2, 0) is 11.3 Å². The first kappa shape index (κ1) is 24.4. The van der Waals surface area contributed by atoms with Gasteiger partial charge in [-0.25, -0.2) is 4.39 Å². The molecule has 1 saturated heterocycles. The average molecular weight is 415 g/mol. The van der Waals surface area contributed by atoms with Gasteiger partial charge in [0.2, 0.25) is 5.91 Å². The monoisotopic (exact) mass is 413 g/mol. The molecular weight excluding hydrogens is 388 g/mol. The van der Waals surface area contributed by atoms with E-state index in [-0.39, 0.29) is 54.5 Å². The van der Waals surface area contributed by atoms with Crippen LogP contribution in [0, 0.1) is 11.7 Å². The third-order valence-electron chi connectivity index (χ3n) is 4.46. The molecule has 1 aliphatic heterocycles. The Morgan fingerprint density at radius 2 is 2.12 bits per heavy atom. The summed E-state index contributed by atoms with van der Waals surface area (Å²) in [4.78, 5) is 14.4. The van der Waals surface area contributed by atoms with Crippen LogP contribution in [0.3, 0.4) is 0 Å². The van der Waals surface area contributed by atoms with Gasteiger partial charge in [-0.3, -0.25) is 9.69 Å². The molecule has 8 heteroatoms. The largest absolute Gasteiger partial charge is 0.352 e. The molecule has 0 aliphatic carbocycles. The van der Waals surface area contributed by atoms with E-state index in [0.717, 1.165) is 31.5 Å². The number of halogens is 4. The molecule has 0 aromatic heterocycles. The lowest BCUT2D eigenvalue weighted by molar-refractivity contribution is -0.126. The van der Waals surface area contributed by atoms with Gasteiger partial charge in [0.1, 0.15) is 5.82 Å². The van der Waals surface area contributed by atoms with E-state index >= 15 is 0 Å². The summed E-state index contributed by atoms with van der Waals surface area (Å²) in [6, 6.07) is 4.45. The van der Waals surface area contributed by atoms with E-state index in [1.165, 1.54) is 12.1 Å². The van der Waals surface area contributed by atoms with Crippen molar-refractivity contribution >= 4 is 42.3 Å². The molecule has 1 amide bonds. The van der Waals surface area contributed by atoms with E-state index in [1.807, 2.05) is 13.8 Å². The first-order chi connectivity index (χ1) is 10.9. The molecular formula is C17H27Cl3FN3O. The van der Waals surface area contributed by atoms with E-state index in [4.69, 9.17) is 17.3 Å². The molecule has 2 rings (SSSR count). The van der Waals surface area contributed by atoms with E-state index in [9.17, 15) is 9.18 Å². The second-order valence-electron chi connectivity index (χ2n) is 6.47. The van der Waals surface area contributed by atoms with Gasteiger partial charge in [-0.05, 0) is 44.0 Å². The minimum absolute atomic E-state index is 0. The lowest BCUT2D eigenvalue weighted by Gasteiger charge is -2.34. The van der Waals surface area contributed by atoms with Gasteiger partial charge in [-0.15, -0.1) is 24.8 Å². The number of nitrogens with zero attached hydrogens (tertiary/aromatic N) is 1. The molecule has 1 fully saturated rings. The predicted octanol–water partition coefficient (Wildman–Crippen LogP) is 3.39. The summed E-state index contributed by atoms with van der Waals surface area (Å²) in [6.07, 6.45) is 1.97. The maximum Gasteiger partial charge on any atom is 0.224 e. The third-order valence-corrected chi connectivity index (χ3v) is 4.82. The Morgan fingerprint density at radius 3 is 2.72 bits per heavy atom. The number of hydrogen-bond donors (Lipinski definition) is 2. The fourth-order valence-electron chi connectivity index (χ4n) is 2.78.